The van der Waals surface area contributed by atoms with E-state index in [-0.39, 0.29) is 30.6 Å². The lowest BCUT2D eigenvalue weighted by atomic mass is 9.99. The van der Waals surface area contributed by atoms with Gasteiger partial charge in [-0.25, -0.2) is 0 Å². The molecule has 2 aromatic carbocycles. The third-order valence-corrected chi connectivity index (χ3v) is 3.97. The SMILES string of the molecule is CC(C)(C)OC(=O)Cc1ccc(C(=O)c2ccc(CC(=O)OC(C)(C)C)cc2)cc1. The Morgan fingerprint density at radius 3 is 1.17 bits per heavy atom. The summed E-state index contributed by atoms with van der Waals surface area (Å²) in [5, 5.41) is 0. The van der Waals surface area contributed by atoms with Gasteiger partial charge in [-0.3, -0.25) is 14.4 Å². The molecule has 0 saturated carbocycles. The van der Waals surface area contributed by atoms with Crippen LogP contribution in [0, 0.1) is 0 Å². The fraction of sp³-hybridized carbons (Fsp3) is 0.400. The lowest BCUT2D eigenvalue weighted by Gasteiger charge is -2.19. The Balaban J connectivity index is 1.99. The van der Waals surface area contributed by atoms with E-state index in [1.807, 2.05) is 41.5 Å². The molecule has 0 fully saturated rings. The van der Waals surface area contributed by atoms with Gasteiger partial charge in [0, 0.05) is 11.1 Å². The first-order valence-corrected chi connectivity index (χ1v) is 9.99. The van der Waals surface area contributed by atoms with Crippen molar-refractivity contribution in [3.05, 3.63) is 70.8 Å². The van der Waals surface area contributed by atoms with Crippen molar-refractivity contribution in [2.75, 3.05) is 0 Å². The van der Waals surface area contributed by atoms with Crippen LogP contribution in [0.4, 0.5) is 0 Å². The minimum absolute atomic E-state index is 0.123. The van der Waals surface area contributed by atoms with Gasteiger partial charge >= 0.3 is 11.9 Å². The third kappa shape index (κ3) is 7.82. The van der Waals surface area contributed by atoms with Crippen LogP contribution in [-0.4, -0.2) is 28.9 Å². The van der Waals surface area contributed by atoms with Crippen LogP contribution >= 0.6 is 0 Å². The molecule has 0 atom stereocenters. The molecule has 5 heteroatoms. The van der Waals surface area contributed by atoms with E-state index in [4.69, 9.17) is 9.47 Å². The first-order chi connectivity index (χ1) is 13.8. The van der Waals surface area contributed by atoms with Crippen LogP contribution in [0.2, 0.25) is 0 Å². The molecule has 0 radical (unpaired) electrons. The zero-order valence-corrected chi connectivity index (χ0v) is 18.6. The van der Waals surface area contributed by atoms with Gasteiger partial charge in [-0.05, 0) is 52.7 Å². The maximum atomic E-state index is 12.7. The van der Waals surface area contributed by atoms with E-state index in [1.165, 1.54) is 0 Å². The van der Waals surface area contributed by atoms with E-state index in [0.29, 0.717) is 11.1 Å². The van der Waals surface area contributed by atoms with Crippen molar-refractivity contribution >= 4 is 17.7 Å². The topological polar surface area (TPSA) is 69.7 Å². The quantitative estimate of drug-likeness (QED) is 0.511. The van der Waals surface area contributed by atoms with Crippen molar-refractivity contribution in [2.45, 2.75) is 65.6 Å². The molecule has 0 heterocycles. The van der Waals surface area contributed by atoms with E-state index in [0.717, 1.165) is 11.1 Å². The highest BCUT2D eigenvalue weighted by atomic mass is 16.6. The zero-order valence-electron chi connectivity index (χ0n) is 18.6. The Labute approximate surface area is 178 Å². The lowest BCUT2D eigenvalue weighted by Crippen LogP contribution is -2.24. The highest BCUT2D eigenvalue weighted by Gasteiger charge is 2.18. The molecule has 0 bridgehead atoms. The highest BCUT2D eigenvalue weighted by molar-refractivity contribution is 6.09. The predicted molar refractivity (Wildman–Crippen MR) is 115 cm³/mol. The summed E-state index contributed by atoms with van der Waals surface area (Å²) in [4.78, 5) is 36.6. The minimum Gasteiger partial charge on any atom is -0.460 e. The van der Waals surface area contributed by atoms with E-state index >= 15 is 0 Å². The van der Waals surface area contributed by atoms with Gasteiger partial charge in [-0.15, -0.1) is 0 Å². The number of ether oxygens (including phenoxy) is 2. The minimum atomic E-state index is -0.525. The smallest absolute Gasteiger partial charge is 0.310 e. The number of esters is 2. The number of rotatable bonds is 6. The maximum Gasteiger partial charge on any atom is 0.310 e. The summed E-state index contributed by atoms with van der Waals surface area (Å²) in [5.41, 5.74) is 1.58. The average Bonchev–Trinajstić information content (AvgIpc) is 2.59. The summed E-state index contributed by atoms with van der Waals surface area (Å²) in [7, 11) is 0. The fourth-order valence-corrected chi connectivity index (χ4v) is 2.80. The Morgan fingerprint density at radius 1 is 0.600 bits per heavy atom. The van der Waals surface area contributed by atoms with Gasteiger partial charge in [-0.1, -0.05) is 48.5 Å². The van der Waals surface area contributed by atoms with Gasteiger partial charge in [0.15, 0.2) is 5.78 Å². The molecule has 160 valence electrons. The molecule has 0 unspecified atom stereocenters. The summed E-state index contributed by atoms with van der Waals surface area (Å²) in [6.45, 7) is 10.9. The molecule has 0 amide bonds. The number of benzene rings is 2. The van der Waals surface area contributed by atoms with Crippen LogP contribution in [-0.2, 0) is 31.9 Å². The second-order valence-electron chi connectivity index (χ2n) is 9.25. The predicted octanol–water partition coefficient (Wildman–Crippen LogP) is 4.69. The molecule has 0 aliphatic heterocycles. The van der Waals surface area contributed by atoms with Crippen LogP contribution in [0.1, 0.15) is 68.6 Å². The second-order valence-corrected chi connectivity index (χ2v) is 9.25. The highest BCUT2D eigenvalue weighted by Crippen LogP contribution is 2.16. The average molecular weight is 411 g/mol. The monoisotopic (exact) mass is 410 g/mol. The molecule has 2 rings (SSSR count). The number of hydrogen-bond acceptors (Lipinski definition) is 5. The van der Waals surface area contributed by atoms with E-state index in [9.17, 15) is 14.4 Å². The van der Waals surface area contributed by atoms with Gasteiger partial charge in [0.1, 0.15) is 11.2 Å². The van der Waals surface area contributed by atoms with Crippen molar-refractivity contribution in [3.8, 4) is 0 Å². The molecule has 0 saturated heterocycles. The molecular formula is C25H30O5. The third-order valence-electron chi connectivity index (χ3n) is 3.97. The van der Waals surface area contributed by atoms with Crippen molar-refractivity contribution in [1.29, 1.82) is 0 Å². The number of ketones is 1. The summed E-state index contributed by atoms with van der Waals surface area (Å²) >= 11 is 0. The maximum absolute atomic E-state index is 12.7. The van der Waals surface area contributed by atoms with Crippen LogP contribution in [0.25, 0.3) is 0 Å². The standard InChI is InChI=1S/C25H30O5/c1-24(2,3)29-21(26)15-17-7-11-19(12-8-17)23(28)20-13-9-18(10-14-20)16-22(27)30-25(4,5)6/h7-14H,15-16H2,1-6H3. The first kappa shape index (κ1) is 23.3. The molecule has 0 aromatic heterocycles. The molecule has 0 aliphatic rings. The van der Waals surface area contributed by atoms with Gasteiger partial charge < -0.3 is 9.47 Å². The van der Waals surface area contributed by atoms with Crippen molar-refractivity contribution in [3.63, 3.8) is 0 Å². The summed E-state index contributed by atoms with van der Waals surface area (Å²) < 4.78 is 10.6. The first-order valence-electron chi connectivity index (χ1n) is 9.99. The molecule has 0 aliphatic carbocycles. The largest absolute Gasteiger partial charge is 0.460 e. The zero-order chi connectivity index (χ0) is 22.5. The van der Waals surface area contributed by atoms with Crippen molar-refractivity contribution in [1.82, 2.24) is 0 Å². The van der Waals surface area contributed by atoms with Gasteiger partial charge in [0.25, 0.3) is 0 Å². The van der Waals surface area contributed by atoms with Crippen LogP contribution < -0.4 is 0 Å². The molecule has 30 heavy (non-hydrogen) atoms. The van der Waals surface area contributed by atoms with Gasteiger partial charge in [-0.2, -0.15) is 0 Å². The Morgan fingerprint density at radius 2 is 0.900 bits per heavy atom. The number of hydrogen-bond donors (Lipinski definition) is 0. The van der Waals surface area contributed by atoms with Gasteiger partial charge in [0.2, 0.25) is 0 Å². The second kappa shape index (κ2) is 9.24. The van der Waals surface area contributed by atoms with Crippen LogP contribution in [0.3, 0.4) is 0 Å². The van der Waals surface area contributed by atoms with Crippen LogP contribution in [0.5, 0.6) is 0 Å². The van der Waals surface area contributed by atoms with E-state index < -0.39 is 11.2 Å². The molecule has 2 aromatic rings. The Hall–Kier alpha value is -2.95. The summed E-state index contributed by atoms with van der Waals surface area (Å²) in [6.07, 6.45) is 0.316. The summed E-state index contributed by atoms with van der Waals surface area (Å²) in [6, 6.07) is 13.9. The number of carbonyl (C=O) groups excluding carboxylic acids is 3. The molecular weight excluding hydrogens is 380 g/mol. The molecule has 5 nitrogen and oxygen atoms in total. The Bertz CT molecular complexity index is 819. The Kier molecular flexibility index (Phi) is 7.19. The van der Waals surface area contributed by atoms with Gasteiger partial charge in [0.05, 0.1) is 12.8 Å². The van der Waals surface area contributed by atoms with Crippen molar-refractivity contribution in [2.24, 2.45) is 0 Å². The number of carbonyl (C=O) groups is 3. The normalized spacial score (nSPS) is 11.7. The van der Waals surface area contributed by atoms with Crippen LogP contribution in [0.15, 0.2) is 48.5 Å². The molecule has 0 spiro atoms. The fourth-order valence-electron chi connectivity index (χ4n) is 2.80. The molecule has 0 N–H and O–H groups in total. The summed E-state index contributed by atoms with van der Waals surface area (Å²) in [5.74, 6) is -0.730. The van der Waals surface area contributed by atoms with E-state index in [1.54, 1.807) is 48.5 Å². The lowest BCUT2D eigenvalue weighted by molar-refractivity contribution is -0.155. The van der Waals surface area contributed by atoms with E-state index in [2.05, 4.69) is 0 Å². The van der Waals surface area contributed by atoms with Crippen molar-refractivity contribution < 1.29 is 23.9 Å².